The molecule has 1 N–H and O–H groups in total. The maximum Gasteiger partial charge on any atom is 0.120 e. The van der Waals surface area contributed by atoms with Crippen molar-refractivity contribution in [1.29, 1.82) is 0 Å². The number of hydrogen-bond donors (Lipinski definition) is 1. The molecule has 0 spiro atoms. The molecule has 16 heavy (non-hydrogen) atoms. The van der Waals surface area contributed by atoms with E-state index in [1.165, 1.54) is 19.3 Å². The molecule has 0 saturated heterocycles. The Kier molecular flexibility index (Phi) is 3.87. The van der Waals surface area contributed by atoms with Crippen LogP contribution in [0, 0.1) is 5.92 Å². The van der Waals surface area contributed by atoms with Crippen LogP contribution in [0.5, 0.6) is 5.75 Å². The summed E-state index contributed by atoms with van der Waals surface area (Å²) >= 11 is 3.43. The van der Waals surface area contributed by atoms with Crippen LogP contribution in [0.3, 0.4) is 0 Å². The standard InChI is InChI=1S/C13H17BrO2/c1-9(15)11-5-12(14)7-13(6-11)16-8-10-3-2-4-10/h5-7,9-10,15H,2-4,8H2,1H3. The first-order valence-corrected chi connectivity index (χ1v) is 6.56. The Hall–Kier alpha value is -0.540. The van der Waals surface area contributed by atoms with Crippen LogP contribution in [-0.4, -0.2) is 11.7 Å². The zero-order valence-electron chi connectivity index (χ0n) is 9.45. The summed E-state index contributed by atoms with van der Waals surface area (Å²) in [6, 6.07) is 5.78. The van der Waals surface area contributed by atoms with E-state index in [-0.39, 0.29) is 0 Å². The molecule has 0 aromatic heterocycles. The van der Waals surface area contributed by atoms with Crippen LogP contribution in [0.15, 0.2) is 22.7 Å². The van der Waals surface area contributed by atoms with E-state index in [1.54, 1.807) is 6.92 Å². The third-order valence-electron chi connectivity index (χ3n) is 3.09. The summed E-state index contributed by atoms with van der Waals surface area (Å²) in [4.78, 5) is 0. The lowest BCUT2D eigenvalue weighted by atomic mass is 9.86. The van der Waals surface area contributed by atoms with Gasteiger partial charge in [-0.05, 0) is 49.4 Å². The Bertz CT molecular complexity index is 359. The Morgan fingerprint density at radius 1 is 1.44 bits per heavy atom. The molecule has 88 valence electrons. The molecule has 1 aromatic carbocycles. The lowest BCUT2D eigenvalue weighted by molar-refractivity contribution is 0.178. The zero-order chi connectivity index (χ0) is 11.5. The minimum Gasteiger partial charge on any atom is -0.493 e. The molecule has 2 rings (SSSR count). The highest BCUT2D eigenvalue weighted by atomic mass is 79.9. The highest BCUT2D eigenvalue weighted by Crippen LogP contribution is 2.29. The first-order chi connectivity index (χ1) is 7.65. The average Bonchev–Trinajstić information content (AvgIpc) is 2.14. The van der Waals surface area contributed by atoms with E-state index in [4.69, 9.17) is 4.74 Å². The van der Waals surface area contributed by atoms with Crippen molar-refractivity contribution in [2.45, 2.75) is 32.3 Å². The van der Waals surface area contributed by atoms with Gasteiger partial charge in [0.15, 0.2) is 0 Å². The van der Waals surface area contributed by atoms with E-state index in [2.05, 4.69) is 15.9 Å². The largest absolute Gasteiger partial charge is 0.493 e. The SMILES string of the molecule is CC(O)c1cc(Br)cc(OCC2CCC2)c1. The van der Waals surface area contributed by atoms with Crippen molar-refractivity contribution in [3.8, 4) is 5.75 Å². The lowest BCUT2D eigenvalue weighted by Gasteiger charge is -2.25. The average molecular weight is 285 g/mol. The van der Waals surface area contributed by atoms with Crippen molar-refractivity contribution >= 4 is 15.9 Å². The van der Waals surface area contributed by atoms with Gasteiger partial charge in [0.2, 0.25) is 0 Å². The normalized spacial score (nSPS) is 17.9. The van der Waals surface area contributed by atoms with Gasteiger partial charge in [0.05, 0.1) is 12.7 Å². The van der Waals surface area contributed by atoms with E-state index in [0.29, 0.717) is 0 Å². The fourth-order valence-electron chi connectivity index (χ4n) is 1.78. The molecule has 0 heterocycles. The summed E-state index contributed by atoms with van der Waals surface area (Å²) in [5.41, 5.74) is 0.887. The quantitative estimate of drug-likeness (QED) is 0.914. The second-order valence-corrected chi connectivity index (χ2v) is 5.42. The molecule has 0 aliphatic heterocycles. The monoisotopic (exact) mass is 284 g/mol. The van der Waals surface area contributed by atoms with Crippen molar-refractivity contribution < 1.29 is 9.84 Å². The van der Waals surface area contributed by atoms with Gasteiger partial charge in [-0.1, -0.05) is 22.4 Å². The van der Waals surface area contributed by atoms with Gasteiger partial charge in [0.25, 0.3) is 0 Å². The molecule has 1 aliphatic carbocycles. The molecule has 1 fully saturated rings. The highest BCUT2D eigenvalue weighted by molar-refractivity contribution is 9.10. The summed E-state index contributed by atoms with van der Waals surface area (Å²) < 4.78 is 6.69. The molecular weight excluding hydrogens is 268 g/mol. The van der Waals surface area contributed by atoms with Crippen molar-refractivity contribution in [1.82, 2.24) is 0 Å². The lowest BCUT2D eigenvalue weighted by Crippen LogP contribution is -2.19. The van der Waals surface area contributed by atoms with Gasteiger partial charge in [0.1, 0.15) is 5.75 Å². The van der Waals surface area contributed by atoms with Crippen molar-refractivity contribution in [2.75, 3.05) is 6.61 Å². The number of halogens is 1. The first-order valence-electron chi connectivity index (χ1n) is 5.76. The third kappa shape index (κ3) is 2.98. The van der Waals surface area contributed by atoms with E-state index in [0.717, 1.165) is 28.3 Å². The number of rotatable bonds is 4. The Balaban J connectivity index is 2.01. The molecule has 1 atom stereocenters. The van der Waals surface area contributed by atoms with Crippen LogP contribution in [-0.2, 0) is 0 Å². The van der Waals surface area contributed by atoms with Crippen LogP contribution in [0.4, 0.5) is 0 Å². The zero-order valence-corrected chi connectivity index (χ0v) is 11.0. The van der Waals surface area contributed by atoms with E-state index in [9.17, 15) is 5.11 Å². The molecular formula is C13H17BrO2. The maximum atomic E-state index is 9.53. The van der Waals surface area contributed by atoms with Crippen LogP contribution in [0.25, 0.3) is 0 Å². The molecule has 0 radical (unpaired) electrons. The van der Waals surface area contributed by atoms with Gasteiger partial charge in [-0.15, -0.1) is 0 Å². The Morgan fingerprint density at radius 2 is 2.19 bits per heavy atom. The van der Waals surface area contributed by atoms with E-state index >= 15 is 0 Å². The van der Waals surface area contributed by atoms with Crippen LogP contribution in [0.2, 0.25) is 0 Å². The van der Waals surface area contributed by atoms with Crippen molar-refractivity contribution in [2.24, 2.45) is 5.92 Å². The summed E-state index contributed by atoms with van der Waals surface area (Å²) in [5, 5.41) is 9.53. The molecule has 3 heteroatoms. The van der Waals surface area contributed by atoms with Gasteiger partial charge in [-0.3, -0.25) is 0 Å². The molecule has 2 nitrogen and oxygen atoms in total. The van der Waals surface area contributed by atoms with Crippen LogP contribution < -0.4 is 4.74 Å². The van der Waals surface area contributed by atoms with Gasteiger partial charge in [-0.25, -0.2) is 0 Å². The van der Waals surface area contributed by atoms with Crippen molar-refractivity contribution in [3.05, 3.63) is 28.2 Å². The molecule has 1 aliphatic rings. The third-order valence-corrected chi connectivity index (χ3v) is 3.54. The van der Waals surface area contributed by atoms with Crippen LogP contribution >= 0.6 is 15.9 Å². The van der Waals surface area contributed by atoms with Gasteiger partial charge >= 0.3 is 0 Å². The number of ether oxygens (including phenoxy) is 1. The second-order valence-electron chi connectivity index (χ2n) is 4.50. The smallest absolute Gasteiger partial charge is 0.120 e. The number of aliphatic hydroxyl groups excluding tert-OH is 1. The van der Waals surface area contributed by atoms with Gasteiger partial charge in [-0.2, -0.15) is 0 Å². The molecule has 0 bridgehead atoms. The molecule has 1 aromatic rings. The summed E-state index contributed by atoms with van der Waals surface area (Å²) in [7, 11) is 0. The van der Waals surface area contributed by atoms with Gasteiger partial charge < -0.3 is 9.84 Å². The fraction of sp³-hybridized carbons (Fsp3) is 0.538. The maximum absolute atomic E-state index is 9.53. The second kappa shape index (κ2) is 5.19. The first kappa shape index (κ1) is 11.9. The number of hydrogen-bond acceptors (Lipinski definition) is 2. The fourth-order valence-corrected chi connectivity index (χ4v) is 2.27. The summed E-state index contributed by atoms with van der Waals surface area (Å²) in [5.74, 6) is 1.58. The minimum atomic E-state index is -0.455. The van der Waals surface area contributed by atoms with Gasteiger partial charge in [0, 0.05) is 4.47 Å². The Morgan fingerprint density at radius 3 is 2.75 bits per heavy atom. The van der Waals surface area contributed by atoms with Crippen LogP contribution in [0.1, 0.15) is 37.9 Å². The molecule has 1 saturated carbocycles. The Labute approximate surface area is 105 Å². The summed E-state index contributed by atoms with van der Waals surface area (Å²) in [6.45, 7) is 2.56. The molecule has 0 amide bonds. The topological polar surface area (TPSA) is 29.5 Å². The molecule has 1 unspecified atom stereocenters. The van der Waals surface area contributed by atoms with E-state index in [1.807, 2.05) is 18.2 Å². The predicted molar refractivity (Wildman–Crippen MR) is 67.6 cm³/mol. The minimum absolute atomic E-state index is 0.455. The van der Waals surface area contributed by atoms with E-state index < -0.39 is 6.10 Å². The highest BCUT2D eigenvalue weighted by Gasteiger charge is 2.18. The van der Waals surface area contributed by atoms with Crippen molar-refractivity contribution in [3.63, 3.8) is 0 Å². The summed E-state index contributed by atoms with van der Waals surface area (Å²) in [6.07, 6.45) is 3.46. The number of aliphatic hydroxyl groups is 1. The predicted octanol–water partition coefficient (Wildman–Crippen LogP) is 3.68. The number of benzene rings is 1.